The van der Waals surface area contributed by atoms with Gasteiger partial charge in [-0.1, -0.05) is 35.9 Å². The predicted molar refractivity (Wildman–Crippen MR) is 131 cm³/mol. The summed E-state index contributed by atoms with van der Waals surface area (Å²) in [7, 11) is 0. The first-order valence-electron chi connectivity index (χ1n) is 11.6. The number of rotatable bonds is 6. The van der Waals surface area contributed by atoms with Gasteiger partial charge < -0.3 is 15.0 Å². The number of hydrogen-bond donors (Lipinski definition) is 1. The van der Waals surface area contributed by atoms with Crippen molar-refractivity contribution in [1.82, 2.24) is 15.3 Å². The molecule has 6 heteroatoms. The number of ether oxygens (including phenoxy) is 1. The van der Waals surface area contributed by atoms with Crippen molar-refractivity contribution in [2.45, 2.75) is 46.6 Å². The molecule has 4 rings (SSSR count). The Kier molecular flexibility index (Phi) is 6.92. The second-order valence-electron chi connectivity index (χ2n) is 8.96. The monoisotopic (exact) mass is 444 g/mol. The molecule has 1 fully saturated rings. The average Bonchev–Trinajstić information content (AvgIpc) is 2.79. The molecule has 2 aromatic carbocycles. The number of carbonyl (C=O) groups excluding carboxylic acids is 1. The van der Waals surface area contributed by atoms with Gasteiger partial charge in [-0.05, 0) is 69.4 Å². The van der Waals surface area contributed by atoms with E-state index in [1.165, 1.54) is 16.7 Å². The average molecular weight is 445 g/mol. The van der Waals surface area contributed by atoms with Crippen LogP contribution < -0.4 is 15.0 Å². The molecule has 0 unspecified atom stereocenters. The van der Waals surface area contributed by atoms with Crippen molar-refractivity contribution in [2.75, 3.05) is 18.0 Å². The first kappa shape index (κ1) is 22.8. The van der Waals surface area contributed by atoms with Gasteiger partial charge in [-0.2, -0.15) is 0 Å². The van der Waals surface area contributed by atoms with E-state index in [0.29, 0.717) is 5.88 Å². The molecule has 0 bridgehead atoms. The normalized spacial score (nSPS) is 15.2. The van der Waals surface area contributed by atoms with Gasteiger partial charge in [0.2, 0.25) is 5.91 Å². The van der Waals surface area contributed by atoms with Crippen LogP contribution in [0.4, 0.5) is 5.82 Å². The largest absolute Gasteiger partial charge is 0.436 e. The molecule has 0 radical (unpaired) electrons. The van der Waals surface area contributed by atoms with E-state index in [9.17, 15) is 4.79 Å². The Hall–Kier alpha value is -3.41. The van der Waals surface area contributed by atoms with Gasteiger partial charge in [0.05, 0.1) is 6.04 Å². The minimum atomic E-state index is -0.00884. The Morgan fingerprint density at radius 1 is 1.03 bits per heavy atom. The highest BCUT2D eigenvalue weighted by molar-refractivity contribution is 5.79. The molecule has 1 atom stereocenters. The van der Waals surface area contributed by atoms with E-state index in [4.69, 9.17) is 4.74 Å². The van der Waals surface area contributed by atoms with E-state index < -0.39 is 0 Å². The van der Waals surface area contributed by atoms with E-state index in [1.807, 2.05) is 31.2 Å². The molecule has 1 N–H and O–H groups in total. The lowest BCUT2D eigenvalue weighted by Gasteiger charge is -2.33. The number of piperidine rings is 1. The summed E-state index contributed by atoms with van der Waals surface area (Å²) >= 11 is 0. The SMILES string of the molecule is Cc1cccc(Oc2nccnc2N2CCC(C(=O)N[C@@H](C)c3ccc(C)cc3C)CC2)c1. The highest BCUT2D eigenvalue weighted by Gasteiger charge is 2.28. The number of nitrogens with one attached hydrogen (secondary N) is 1. The summed E-state index contributed by atoms with van der Waals surface area (Å²) in [6, 6.07) is 14.2. The van der Waals surface area contributed by atoms with E-state index in [2.05, 4.69) is 59.2 Å². The maximum atomic E-state index is 13.0. The topological polar surface area (TPSA) is 67.4 Å². The van der Waals surface area contributed by atoms with Crippen molar-refractivity contribution < 1.29 is 9.53 Å². The molecule has 0 aliphatic carbocycles. The van der Waals surface area contributed by atoms with Crippen molar-refractivity contribution in [2.24, 2.45) is 5.92 Å². The molecule has 1 aromatic heterocycles. The predicted octanol–water partition coefficient (Wildman–Crippen LogP) is 5.29. The van der Waals surface area contributed by atoms with E-state index in [0.717, 1.165) is 43.1 Å². The van der Waals surface area contributed by atoms with Crippen LogP contribution in [0.15, 0.2) is 54.9 Å². The minimum absolute atomic E-state index is 0.00716. The summed E-state index contributed by atoms with van der Waals surface area (Å²) in [5, 5.41) is 3.22. The fourth-order valence-corrected chi connectivity index (χ4v) is 4.47. The lowest BCUT2D eigenvalue weighted by Crippen LogP contribution is -2.41. The van der Waals surface area contributed by atoms with Crippen LogP contribution in [0.5, 0.6) is 11.6 Å². The van der Waals surface area contributed by atoms with Crippen LogP contribution in [0.2, 0.25) is 0 Å². The van der Waals surface area contributed by atoms with Gasteiger partial charge in [-0.3, -0.25) is 4.79 Å². The number of hydrogen-bond acceptors (Lipinski definition) is 5. The van der Waals surface area contributed by atoms with Crippen molar-refractivity contribution in [3.8, 4) is 11.6 Å². The number of anilines is 1. The van der Waals surface area contributed by atoms with Crippen LogP contribution in [-0.2, 0) is 4.79 Å². The second-order valence-corrected chi connectivity index (χ2v) is 8.96. The van der Waals surface area contributed by atoms with Crippen LogP contribution >= 0.6 is 0 Å². The fraction of sp³-hybridized carbons (Fsp3) is 0.370. The maximum absolute atomic E-state index is 13.0. The van der Waals surface area contributed by atoms with Gasteiger partial charge in [0, 0.05) is 31.4 Å². The molecule has 0 spiro atoms. The van der Waals surface area contributed by atoms with Crippen molar-refractivity contribution >= 4 is 11.7 Å². The number of aryl methyl sites for hydroxylation is 3. The Balaban J connectivity index is 1.37. The molecule has 2 heterocycles. The van der Waals surface area contributed by atoms with Crippen molar-refractivity contribution in [3.63, 3.8) is 0 Å². The summed E-state index contributed by atoms with van der Waals surface area (Å²) in [5.41, 5.74) is 4.74. The highest BCUT2D eigenvalue weighted by atomic mass is 16.5. The summed E-state index contributed by atoms with van der Waals surface area (Å²) in [4.78, 5) is 24.1. The Labute approximate surface area is 196 Å². The Bertz CT molecular complexity index is 1120. The third-order valence-corrected chi connectivity index (χ3v) is 6.27. The molecule has 1 saturated heterocycles. The zero-order chi connectivity index (χ0) is 23.4. The summed E-state index contributed by atoms with van der Waals surface area (Å²) in [6.07, 6.45) is 4.86. The van der Waals surface area contributed by atoms with E-state index >= 15 is 0 Å². The number of carbonyl (C=O) groups is 1. The lowest BCUT2D eigenvalue weighted by molar-refractivity contribution is -0.126. The third-order valence-electron chi connectivity index (χ3n) is 6.27. The zero-order valence-electron chi connectivity index (χ0n) is 19.8. The van der Waals surface area contributed by atoms with Crippen LogP contribution in [-0.4, -0.2) is 29.0 Å². The molecule has 6 nitrogen and oxygen atoms in total. The minimum Gasteiger partial charge on any atom is -0.436 e. The number of nitrogens with zero attached hydrogens (tertiary/aromatic N) is 3. The van der Waals surface area contributed by atoms with Crippen molar-refractivity contribution in [1.29, 1.82) is 0 Å². The van der Waals surface area contributed by atoms with Crippen LogP contribution in [0.3, 0.4) is 0 Å². The molecule has 33 heavy (non-hydrogen) atoms. The van der Waals surface area contributed by atoms with Crippen LogP contribution in [0.25, 0.3) is 0 Å². The number of benzene rings is 2. The fourth-order valence-electron chi connectivity index (χ4n) is 4.47. The zero-order valence-corrected chi connectivity index (χ0v) is 19.8. The lowest BCUT2D eigenvalue weighted by atomic mass is 9.94. The van der Waals surface area contributed by atoms with Gasteiger partial charge in [0.1, 0.15) is 5.75 Å². The summed E-state index contributed by atoms with van der Waals surface area (Å²) in [6.45, 7) is 9.74. The van der Waals surface area contributed by atoms with Crippen LogP contribution in [0.1, 0.15) is 48.1 Å². The third kappa shape index (κ3) is 5.51. The van der Waals surface area contributed by atoms with Gasteiger partial charge in [-0.15, -0.1) is 0 Å². The Morgan fingerprint density at radius 3 is 2.48 bits per heavy atom. The quantitative estimate of drug-likeness (QED) is 0.560. The smallest absolute Gasteiger partial charge is 0.263 e. The molecule has 172 valence electrons. The standard InChI is InChI=1S/C27H32N4O2/c1-18-6-5-7-23(17-18)33-27-25(28-12-13-29-27)31-14-10-22(11-15-31)26(32)30-21(4)24-9-8-19(2)16-20(24)3/h5-9,12-13,16-17,21-22H,10-11,14-15H2,1-4H3,(H,30,32)/t21-/m0/s1. The second kappa shape index (κ2) is 10.0. The number of aromatic nitrogens is 2. The highest BCUT2D eigenvalue weighted by Crippen LogP contribution is 2.31. The molecule has 3 aromatic rings. The first-order chi connectivity index (χ1) is 15.9. The molecule has 1 amide bonds. The maximum Gasteiger partial charge on any atom is 0.263 e. The molecular formula is C27H32N4O2. The summed E-state index contributed by atoms with van der Waals surface area (Å²) in [5.74, 6) is 2.08. The van der Waals surface area contributed by atoms with E-state index in [-0.39, 0.29) is 17.9 Å². The van der Waals surface area contributed by atoms with Crippen LogP contribution in [0, 0.1) is 26.7 Å². The van der Waals surface area contributed by atoms with Gasteiger partial charge >= 0.3 is 0 Å². The molecule has 1 aliphatic rings. The van der Waals surface area contributed by atoms with Crippen molar-refractivity contribution in [3.05, 3.63) is 77.1 Å². The van der Waals surface area contributed by atoms with Gasteiger partial charge in [0.25, 0.3) is 5.88 Å². The Morgan fingerprint density at radius 2 is 1.76 bits per heavy atom. The van der Waals surface area contributed by atoms with E-state index in [1.54, 1.807) is 12.4 Å². The summed E-state index contributed by atoms with van der Waals surface area (Å²) < 4.78 is 6.04. The molecular weight excluding hydrogens is 412 g/mol. The number of amides is 1. The molecule has 0 saturated carbocycles. The first-order valence-corrected chi connectivity index (χ1v) is 11.6. The van der Waals surface area contributed by atoms with Gasteiger partial charge in [0.15, 0.2) is 5.82 Å². The van der Waals surface area contributed by atoms with Gasteiger partial charge in [-0.25, -0.2) is 9.97 Å². The molecule has 1 aliphatic heterocycles.